The molecule has 0 spiro atoms. The molecule has 0 saturated carbocycles. The molecule has 0 aliphatic heterocycles. The van der Waals surface area contributed by atoms with Gasteiger partial charge in [-0.25, -0.2) is 15.0 Å². The smallest absolute Gasteiger partial charge is 0.164 e. The van der Waals surface area contributed by atoms with E-state index in [0.29, 0.717) is 17.5 Å². The lowest BCUT2D eigenvalue weighted by molar-refractivity contribution is 0.795. The number of hydrogen-bond donors (Lipinski definition) is 0. The van der Waals surface area contributed by atoms with E-state index in [-0.39, 0.29) is 0 Å². The Labute approximate surface area is 318 Å². The summed E-state index contributed by atoms with van der Waals surface area (Å²) in [5.74, 6) is 1.98. The van der Waals surface area contributed by atoms with Crippen molar-refractivity contribution < 1.29 is 0 Å². The highest BCUT2D eigenvalue weighted by Gasteiger charge is 2.20. The highest BCUT2D eigenvalue weighted by atomic mass is 32.1. The van der Waals surface area contributed by atoms with Crippen molar-refractivity contribution in [2.75, 3.05) is 0 Å². The molecule has 0 fully saturated rings. The van der Waals surface area contributed by atoms with E-state index in [1.54, 1.807) is 0 Å². The van der Waals surface area contributed by atoms with Crippen LogP contribution in [0.1, 0.15) is 25.3 Å². The van der Waals surface area contributed by atoms with E-state index in [1.165, 1.54) is 60.4 Å². The molecule has 258 valence electrons. The van der Waals surface area contributed by atoms with Gasteiger partial charge in [-0.3, -0.25) is 0 Å². The molecule has 0 bridgehead atoms. The van der Waals surface area contributed by atoms with Gasteiger partial charge in [0.1, 0.15) is 0 Å². The normalized spacial score (nSPS) is 11.6. The van der Waals surface area contributed by atoms with Gasteiger partial charge in [0.15, 0.2) is 17.5 Å². The number of rotatable bonds is 8. The summed E-state index contributed by atoms with van der Waals surface area (Å²) >= 11 is 1.88. The third-order valence-electron chi connectivity index (χ3n) is 10.5. The fourth-order valence-corrected chi connectivity index (χ4v) is 9.01. The Balaban J connectivity index is 1.15. The minimum absolute atomic E-state index is 0.650. The van der Waals surface area contributed by atoms with Crippen LogP contribution in [-0.2, 0) is 6.42 Å². The van der Waals surface area contributed by atoms with Gasteiger partial charge in [-0.1, -0.05) is 153 Å². The second-order valence-corrected chi connectivity index (χ2v) is 14.9. The van der Waals surface area contributed by atoms with Gasteiger partial charge in [-0.2, -0.15) is 0 Å². The summed E-state index contributed by atoms with van der Waals surface area (Å²) in [5.41, 5.74) is 10.0. The Morgan fingerprint density at radius 1 is 0.500 bits per heavy atom. The van der Waals surface area contributed by atoms with Crippen molar-refractivity contribution in [2.24, 2.45) is 0 Å². The van der Waals surface area contributed by atoms with Gasteiger partial charge in [0.25, 0.3) is 0 Å². The summed E-state index contributed by atoms with van der Waals surface area (Å²) < 4.78 is 5.08. The second-order valence-electron chi connectivity index (χ2n) is 13.9. The molecule has 3 aromatic heterocycles. The molecule has 4 nitrogen and oxygen atoms in total. The Morgan fingerprint density at radius 2 is 1.13 bits per heavy atom. The van der Waals surface area contributed by atoms with E-state index >= 15 is 0 Å². The minimum Gasteiger partial charge on any atom is -0.307 e. The van der Waals surface area contributed by atoms with E-state index in [0.717, 1.165) is 39.9 Å². The fraction of sp³-hybridized carbons (Fsp3) is 0.0816. The molecule has 0 amide bonds. The molecule has 5 heteroatoms. The SMILES string of the molecule is CCCCc1ccc(-c2nc(-c3ccccc3)nc(-c3cccc(-c4ccccc4-n4c5ccccc5c5ccc6c7ccccc7sc6c54)c3)n2)cc1. The maximum atomic E-state index is 5.11. The van der Waals surface area contributed by atoms with Crippen molar-refractivity contribution in [1.82, 2.24) is 19.5 Å². The van der Waals surface area contributed by atoms with Crippen LogP contribution < -0.4 is 0 Å². The van der Waals surface area contributed by atoms with Gasteiger partial charge in [0.2, 0.25) is 0 Å². The van der Waals surface area contributed by atoms with Crippen LogP contribution in [0.25, 0.3) is 93.0 Å². The number of fused-ring (bicyclic) bond motifs is 7. The third-order valence-corrected chi connectivity index (χ3v) is 11.6. The van der Waals surface area contributed by atoms with Crippen LogP contribution in [0.15, 0.2) is 164 Å². The topological polar surface area (TPSA) is 43.6 Å². The van der Waals surface area contributed by atoms with Crippen LogP contribution in [0.2, 0.25) is 0 Å². The summed E-state index contributed by atoms with van der Waals surface area (Å²) in [6, 6.07) is 58.4. The number of benzene rings is 7. The van der Waals surface area contributed by atoms with E-state index in [9.17, 15) is 0 Å². The number of unbranched alkanes of at least 4 members (excludes halogenated alkanes) is 1. The molecule has 0 atom stereocenters. The largest absolute Gasteiger partial charge is 0.307 e. The Bertz CT molecular complexity index is 2980. The standard InChI is InChI=1S/C49H36N4S/c1-2-3-14-32-25-27-34(28-26-32)48-50-47(33-15-5-4-6-16-33)51-49(52-48)36-18-13-17-35(31-36)37-19-7-10-22-42(37)53-43-23-11-8-20-38(43)40-29-30-41-39-21-9-12-24-44(39)54-46(41)45(40)53/h4-13,15-31H,2-3,14H2,1H3. The predicted octanol–water partition coefficient (Wildman–Crippen LogP) is 13.3. The fourth-order valence-electron chi connectivity index (χ4n) is 7.77. The number of aryl methyl sites for hydroxylation is 1. The van der Waals surface area contributed by atoms with Crippen LogP contribution in [0.5, 0.6) is 0 Å². The first-order valence-electron chi connectivity index (χ1n) is 18.7. The van der Waals surface area contributed by atoms with E-state index in [2.05, 4.69) is 157 Å². The van der Waals surface area contributed by atoms with Gasteiger partial charge in [-0.05, 0) is 48.2 Å². The summed E-state index contributed by atoms with van der Waals surface area (Å²) in [5, 5.41) is 5.11. The molecule has 0 unspecified atom stereocenters. The second kappa shape index (κ2) is 13.5. The Hall–Kier alpha value is -6.43. The zero-order valence-electron chi connectivity index (χ0n) is 29.9. The molecule has 0 aliphatic carbocycles. The van der Waals surface area contributed by atoms with Crippen molar-refractivity contribution in [3.8, 4) is 51.0 Å². The zero-order valence-corrected chi connectivity index (χ0v) is 30.7. The van der Waals surface area contributed by atoms with Gasteiger partial charge >= 0.3 is 0 Å². The quantitative estimate of drug-likeness (QED) is 0.158. The van der Waals surface area contributed by atoms with Crippen molar-refractivity contribution in [1.29, 1.82) is 0 Å². The van der Waals surface area contributed by atoms with Crippen LogP contribution in [-0.4, -0.2) is 19.5 Å². The molecular weight excluding hydrogens is 677 g/mol. The van der Waals surface area contributed by atoms with Crippen molar-refractivity contribution >= 4 is 53.3 Å². The highest BCUT2D eigenvalue weighted by Crippen LogP contribution is 2.44. The number of hydrogen-bond acceptors (Lipinski definition) is 4. The lowest BCUT2D eigenvalue weighted by atomic mass is 10.0. The molecule has 10 rings (SSSR count). The molecule has 3 heterocycles. The molecule has 0 radical (unpaired) electrons. The average molecular weight is 713 g/mol. The highest BCUT2D eigenvalue weighted by molar-refractivity contribution is 7.26. The summed E-state index contributed by atoms with van der Waals surface area (Å²) in [7, 11) is 0. The van der Waals surface area contributed by atoms with E-state index < -0.39 is 0 Å². The number of nitrogens with zero attached hydrogens (tertiary/aromatic N) is 4. The van der Waals surface area contributed by atoms with Gasteiger partial charge in [0, 0.05) is 48.5 Å². The first kappa shape index (κ1) is 32.2. The molecule has 0 saturated heterocycles. The van der Waals surface area contributed by atoms with E-state index in [1.807, 2.05) is 29.5 Å². The first-order valence-corrected chi connectivity index (χ1v) is 19.5. The summed E-state index contributed by atoms with van der Waals surface area (Å²) in [6.45, 7) is 2.23. The predicted molar refractivity (Wildman–Crippen MR) is 227 cm³/mol. The average Bonchev–Trinajstić information content (AvgIpc) is 3.79. The van der Waals surface area contributed by atoms with Crippen LogP contribution in [0.4, 0.5) is 0 Å². The van der Waals surface area contributed by atoms with Gasteiger partial charge in [0.05, 0.1) is 21.4 Å². The Morgan fingerprint density at radius 3 is 1.94 bits per heavy atom. The molecule has 10 aromatic rings. The summed E-state index contributed by atoms with van der Waals surface area (Å²) in [6.07, 6.45) is 3.43. The number of para-hydroxylation sites is 2. The van der Waals surface area contributed by atoms with Crippen LogP contribution in [0.3, 0.4) is 0 Å². The monoisotopic (exact) mass is 712 g/mol. The van der Waals surface area contributed by atoms with Gasteiger partial charge < -0.3 is 4.57 Å². The van der Waals surface area contributed by atoms with Crippen LogP contribution >= 0.6 is 11.3 Å². The van der Waals surface area contributed by atoms with Gasteiger partial charge in [-0.15, -0.1) is 11.3 Å². The molecule has 54 heavy (non-hydrogen) atoms. The van der Waals surface area contributed by atoms with Crippen LogP contribution in [0, 0.1) is 0 Å². The van der Waals surface area contributed by atoms with Crippen molar-refractivity contribution in [3.63, 3.8) is 0 Å². The lowest BCUT2D eigenvalue weighted by Crippen LogP contribution is -2.01. The number of aromatic nitrogens is 4. The lowest BCUT2D eigenvalue weighted by Gasteiger charge is -2.15. The van der Waals surface area contributed by atoms with Crippen molar-refractivity contribution in [3.05, 3.63) is 169 Å². The van der Waals surface area contributed by atoms with E-state index in [4.69, 9.17) is 15.0 Å². The minimum atomic E-state index is 0.650. The zero-order chi connectivity index (χ0) is 36.0. The Kier molecular flexibility index (Phi) is 8.07. The molecule has 7 aromatic carbocycles. The van der Waals surface area contributed by atoms with Crippen molar-refractivity contribution in [2.45, 2.75) is 26.2 Å². The maximum absolute atomic E-state index is 5.11. The third kappa shape index (κ3) is 5.56. The molecule has 0 N–H and O–H groups in total. The maximum Gasteiger partial charge on any atom is 0.164 e. The molecular formula is C49H36N4S. The summed E-state index contributed by atoms with van der Waals surface area (Å²) in [4.78, 5) is 15.2. The number of thiophene rings is 1. The molecule has 0 aliphatic rings. The first-order chi connectivity index (χ1) is 26.7.